The quantitative estimate of drug-likeness (QED) is 0.235. The summed E-state index contributed by atoms with van der Waals surface area (Å²) in [6, 6.07) is 18.0. The van der Waals surface area contributed by atoms with Gasteiger partial charge in [-0.15, -0.1) is 24.9 Å². The van der Waals surface area contributed by atoms with Gasteiger partial charge in [-0.1, -0.05) is 25.1 Å². The standard InChI is InChI=1S/C27H22F3N3O3S/c1-2-37-23-9-6-18(7-10-23)12-26(34)33-20-8-11-24(19-15-31-17-32-16-19)25(13-20)35-21-4-3-5-22(14-21)36-27(28,29)30/h3-11,13-17H,2,12H2,1H3,(H,33,34). The van der Waals surface area contributed by atoms with Crippen molar-refractivity contribution in [3.63, 3.8) is 0 Å². The Kier molecular flexibility index (Phi) is 8.29. The molecule has 0 unspecified atom stereocenters. The number of halogens is 3. The first kappa shape index (κ1) is 26.0. The van der Waals surface area contributed by atoms with Crippen molar-refractivity contribution in [3.8, 4) is 28.4 Å². The fourth-order valence-corrected chi connectivity index (χ4v) is 4.15. The first-order valence-corrected chi connectivity index (χ1v) is 12.2. The van der Waals surface area contributed by atoms with Crippen molar-refractivity contribution in [3.05, 3.63) is 91.0 Å². The molecule has 0 saturated carbocycles. The second-order valence-corrected chi connectivity index (χ2v) is 9.10. The van der Waals surface area contributed by atoms with E-state index >= 15 is 0 Å². The van der Waals surface area contributed by atoms with Gasteiger partial charge in [-0.2, -0.15) is 0 Å². The number of hydrogen-bond donors (Lipinski definition) is 1. The van der Waals surface area contributed by atoms with Crippen molar-refractivity contribution in [1.29, 1.82) is 0 Å². The Balaban J connectivity index is 1.56. The summed E-state index contributed by atoms with van der Waals surface area (Å²) in [6.07, 6.45) is -0.110. The molecule has 0 fully saturated rings. The van der Waals surface area contributed by atoms with Gasteiger partial charge in [-0.25, -0.2) is 9.97 Å². The van der Waals surface area contributed by atoms with E-state index in [1.807, 2.05) is 24.3 Å². The Hall–Kier alpha value is -4.05. The molecule has 37 heavy (non-hydrogen) atoms. The van der Waals surface area contributed by atoms with Gasteiger partial charge in [0.15, 0.2) is 0 Å². The van der Waals surface area contributed by atoms with Crippen LogP contribution in [-0.4, -0.2) is 28.0 Å². The van der Waals surface area contributed by atoms with Crippen LogP contribution in [0.2, 0.25) is 0 Å². The van der Waals surface area contributed by atoms with Crippen molar-refractivity contribution in [2.75, 3.05) is 11.1 Å². The maximum Gasteiger partial charge on any atom is 0.573 e. The lowest BCUT2D eigenvalue weighted by molar-refractivity contribution is -0.274. The average Bonchev–Trinajstić information content (AvgIpc) is 2.85. The van der Waals surface area contributed by atoms with Crippen LogP contribution < -0.4 is 14.8 Å². The minimum atomic E-state index is -4.83. The van der Waals surface area contributed by atoms with Crippen molar-refractivity contribution in [2.24, 2.45) is 0 Å². The van der Waals surface area contributed by atoms with Crippen LogP contribution in [0.15, 0.2) is 90.3 Å². The Morgan fingerprint density at radius 2 is 1.70 bits per heavy atom. The van der Waals surface area contributed by atoms with Crippen LogP contribution in [-0.2, 0) is 11.2 Å². The monoisotopic (exact) mass is 525 g/mol. The van der Waals surface area contributed by atoms with Gasteiger partial charge in [0.1, 0.15) is 23.6 Å². The van der Waals surface area contributed by atoms with Crippen molar-refractivity contribution >= 4 is 23.4 Å². The zero-order chi connectivity index (χ0) is 26.3. The highest BCUT2D eigenvalue weighted by Gasteiger charge is 2.31. The maximum absolute atomic E-state index is 12.7. The van der Waals surface area contributed by atoms with Crippen LogP contribution >= 0.6 is 11.8 Å². The molecule has 4 aromatic rings. The van der Waals surface area contributed by atoms with E-state index in [1.165, 1.54) is 24.5 Å². The summed E-state index contributed by atoms with van der Waals surface area (Å²) in [6.45, 7) is 2.08. The molecule has 4 rings (SSSR count). The van der Waals surface area contributed by atoms with E-state index in [-0.39, 0.29) is 23.8 Å². The molecule has 0 aliphatic carbocycles. The van der Waals surface area contributed by atoms with E-state index in [0.29, 0.717) is 16.8 Å². The van der Waals surface area contributed by atoms with E-state index < -0.39 is 12.1 Å². The van der Waals surface area contributed by atoms with E-state index in [0.717, 1.165) is 22.3 Å². The molecule has 0 aliphatic rings. The number of hydrogen-bond acceptors (Lipinski definition) is 6. The Morgan fingerprint density at radius 1 is 0.973 bits per heavy atom. The minimum absolute atomic E-state index is 0.119. The molecule has 1 N–H and O–H groups in total. The van der Waals surface area contributed by atoms with Crippen molar-refractivity contribution in [2.45, 2.75) is 24.6 Å². The number of thioether (sulfide) groups is 1. The van der Waals surface area contributed by atoms with Gasteiger partial charge in [-0.3, -0.25) is 4.79 Å². The van der Waals surface area contributed by atoms with Gasteiger partial charge >= 0.3 is 6.36 Å². The number of carbonyl (C=O) groups excluding carboxylic acids is 1. The summed E-state index contributed by atoms with van der Waals surface area (Å²) < 4.78 is 47.9. The molecule has 6 nitrogen and oxygen atoms in total. The molecule has 0 spiro atoms. The first-order chi connectivity index (χ1) is 17.8. The number of carbonyl (C=O) groups is 1. The summed E-state index contributed by atoms with van der Waals surface area (Å²) in [7, 11) is 0. The first-order valence-electron chi connectivity index (χ1n) is 11.2. The molecule has 190 valence electrons. The van der Waals surface area contributed by atoms with Gasteiger partial charge in [0.25, 0.3) is 0 Å². The number of anilines is 1. The summed E-state index contributed by atoms with van der Waals surface area (Å²) in [5.74, 6) is 0.737. The summed E-state index contributed by atoms with van der Waals surface area (Å²) in [5, 5.41) is 2.85. The van der Waals surface area contributed by atoms with E-state index in [4.69, 9.17) is 4.74 Å². The lowest BCUT2D eigenvalue weighted by Gasteiger charge is -2.15. The van der Waals surface area contributed by atoms with Crippen LogP contribution in [0, 0.1) is 0 Å². The predicted octanol–water partition coefficient (Wildman–Crippen LogP) is 7.13. The van der Waals surface area contributed by atoms with Gasteiger partial charge < -0.3 is 14.8 Å². The number of alkyl halides is 3. The highest BCUT2D eigenvalue weighted by atomic mass is 32.2. The molecule has 0 saturated heterocycles. The maximum atomic E-state index is 12.7. The highest BCUT2D eigenvalue weighted by molar-refractivity contribution is 7.99. The molecule has 0 aliphatic heterocycles. The fraction of sp³-hybridized carbons (Fsp3) is 0.148. The van der Waals surface area contributed by atoms with Crippen LogP contribution in [0.3, 0.4) is 0 Å². The number of nitrogens with zero attached hydrogens (tertiary/aromatic N) is 2. The molecule has 0 bridgehead atoms. The molecule has 10 heteroatoms. The van der Waals surface area contributed by atoms with Crippen LogP contribution in [0.4, 0.5) is 18.9 Å². The second-order valence-electron chi connectivity index (χ2n) is 7.76. The fourth-order valence-electron chi connectivity index (χ4n) is 3.48. The Bertz CT molecular complexity index is 1350. The Morgan fingerprint density at radius 3 is 2.41 bits per heavy atom. The molecular formula is C27H22F3N3O3S. The zero-order valence-corrected chi connectivity index (χ0v) is 20.5. The summed E-state index contributed by atoms with van der Waals surface area (Å²) in [5.41, 5.74) is 2.54. The largest absolute Gasteiger partial charge is 0.573 e. The number of rotatable bonds is 9. The van der Waals surface area contributed by atoms with Gasteiger partial charge in [0.2, 0.25) is 5.91 Å². The third kappa shape index (κ3) is 7.71. The lowest BCUT2D eigenvalue weighted by atomic mass is 10.1. The zero-order valence-electron chi connectivity index (χ0n) is 19.7. The molecule has 3 aromatic carbocycles. The van der Waals surface area contributed by atoms with Crippen LogP contribution in [0.25, 0.3) is 11.1 Å². The number of benzene rings is 3. The van der Waals surface area contributed by atoms with Crippen molar-refractivity contribution < 1.29 is 27.4 Å². The smallest absolute Gasteiger partial charge is 0.457 e. The number of aromatic nitrogens is 2. The molecule has 0 atom stereocenters. The normalized spacial score (nSPS) is 11.1. The minimum Gasteiger partial charge on any atom is -0.457 e. The average molecular weight is 526 g/mol. The number of ether oxygens (including phenoxy) is 2. The summed E-state index contributed by atoms with van der Waals surface area (Å²) in [4.78, 5) is 21.9. The lowest BCUT2D eigenvalue weighted by Crippen LogP contribution is -2.17. The van der Waals surface area contributed by atoms with Gasteiger partial charge in [0.05, 0.1) is 6.42 Å². The number of amides is 1. The Labute approximate surface area is 215 Å². The predicted molar refractivity (Wildman–Crippen MR) is 136 cm³/mol. The SMILES string of the molecule is CCSc1ccc(CC(=O)Nc2ccc(-c3cncnc3)c(Oc3cccc(OC(F)(F)F)c3)c2)cc1. The van der Waals surface area contributed by atoms with Crippen molar-refractivity contribution in [1.82, 2.24) is 9.97 Å². The molecule has 0 radical (unpaired) electrons. The summed E-state index contributed by atoms with van der Waals surface area (Å²) >= 11 is 1.72. The third-order valence-corrected chi connectivity index (χ3v) is 5.90. The highest BCUT2D eigenvalue weighted by Crippen LogP contribution is 2.36. The van der Waals surface area contributed by atoms with E-state index in [2.05, 4.69) is 26.9 Å². The number of nitrogens with one attached hydrogen (secondary N) is 1. The topological polar surface area (TPSA) is 73.3 Å². The third-order valence-electron chi connectivity index (χ3n) is 5.00. The second kappa shape index (κ2) is 11.8. The van der Waals surface area contributed by atoms with E-state index in [1.54, 1.807) is 42.4 Å². The van der Waals surface area contributed by atoms with E-state index in [9.17, 15) is 18.0 Å². The van der Waals surface area contributed by atoms with Gasteiger partial charge in [-0.05, 0) is 47.7 Å². The van der Waals surface area contributed by atoms with Crippen LogP contribution in [0.5, 0.6) is 17.2 Å². The van der Waals surface area contributed by atoms with Gasteiger partial charge in [0, 0.05) is 46.2 Å². The molecular weight excluding hydrogens is 503 g/mol. The molecule has 1 heterocycles. The van der Waals surface area contributed by atoms with Crippen LogP contribution in [0.1, 0.15) is 12.5 Å². The molecule has 1 amide bonds. The molecule has 1 aromatic heterocycles.